The van der Waals surface area contributed by atoms with Crippen LogP contribution in [-0.4, -0.2) is 32.2 Å². The Morgan fingerprint density at radius 1 is 1.31 bits per heavy atom. The van der Waals surface area contributed by atoms with Gasteiger partial charge in [0.25, 0.3) is 0 Å². The molecule has 0 aliphatic carbocycles. The number of carbonyl (C=O) groups excluding carboxylic acids is 1. The highest BCUT2D eigenvalue weighted by Crippen LogP contribution is 2.23. The van der Waals surface area contributed by atoms with E-state index in [1.54, 1.807) is 13.2 Å². The van der Waals surface area contributed by atoms with E-state index in [1.165, 1.54) is 12.1 Å². The minimum absolute atomic E-state index is 0.0908. The molecule has 1 fully saturated rings. The number of anilines is 2. The van der Waals surface area contributed by atoms with E-state index in [4.69, 9.17) is 16.3 Å². The van der Waals surface area contributed by atoms with Crippen molar-refractivity contribution in [1.29, 1.82) is 0 Å². The molecule has 1 saturated heterocycles. The molecule has 2 aromatic rings. The lowest BCUT2D eigenvalue weighted by Gasteiger charge is -2.18. The molecule has 3 rings (SSSR count). The maximum absolute atomic E-state index is 13.4. The fourth-order valence-electron chi connectivity index (χ4n) is 3.09. The molecule has 26 heavy (non-hydrogen) atoms. The molecule has 0 bridgehead atoms. The standard InChI is InChI=1S/C20H22ClFN2O2/c1-26-17-10-11-24(13-17)16-6-4-15(5-7-16)23-20(25)9-3-14-2-8-18(21)19(22)12-14/h2,4-8,12,17H,3,9-11,13H2,1H3,(H,23,25). The number of carbonyl (C=O) groups is 1. The fourth-order valence-corrected chi connectivity index (χ4v) is 3.20. The molecule has 0 radical (unpaired) electrons. The minimum atomic E-state index is -0.460. The second-order valence-corrected chi connectivity index (χ2v) is 6.84. The Morgan fingerprint density at radius 3 is 2.73 bits per heavy atom. The van der Waals surface area contributed by atoms with Gasteiger partial charge >= 0.3 is 0 Å². The van der Waals surface area contributed by atoms with Crippen LogP contribution in [-0.2, 0) is 16.0 Å². The maximum Gasteiger partial charge on any atom is 0.224 e. The van der Waals surface area contributed by atoms with Crippen LogP contribution in [0.5, 0.6) is 0 Å². The van der Waals surface area contributed by atoms with Crippen LogP contribution < -0.4 is 10.2 Å². The molecule has 2 aromatic carbocycles. The predicted molar refractivity (Wildman–Crippen MR) is 102 cm³/mol. The summed E-state index contributed by atoms with van der Waals surface area (Å²) in [6.45, 7) is 1.86. The first-order valence-corrected chi connectivity index (χ1v) is 9.04. The molecule has 6 heteroatoms. The zero-order chi connectivity index (χ0) is 18.5. The molecule has 1 aliphatic heterocycles. The number of methoxy groups -OCH3 is 1. The van der Waals surface area contributed by atoms with E-state index in [0.29, 0.717) is 6.42 Å². The Morgan fingerprint density at radius 2 is 2.08 bits per heavy atom. The van der Waals surface area contributed by atoms with Crippen LogP contribution in [0, 0.1) is 5.82 Å². The van der Waals surface area contributed by atoms with Gasteiger partial charge in [0.05, 0.1) is 11.1 Å². The molecule has 4 nitrogen and oxygen atoms in total. The average molecular weight is 377 g/mol. The third-order valence-corrected chi connectivity index (χ3v) is 4.93. The lowest BCUT2D eigenvalue weighted by molar-refractivity contribution is -0.116. The average Bonchev–Trinajstić information content (AvgIpc) is 3.12. The van der Waals surface area contributed by atoms with Gasteiger partial charge in [-0.2, -0.15) is 0 Å². The largest absolute Gasteiger partial charge is 0.380 e. The Hall–Kier alpha value is -2.11. The Labute approximate surface area is 157 Å². The van der Waals surface area contributed by atoms with Gasteiger partial charge in [0.15, 0.2) is 0 Å². The molecule has 1 aliphatic rings. The number of amides is 1. The highest BCUT2D eigenvalue weighted by atomic mass is 35.5. The molecule has 1 N–H and O–H groups in total. The van der Waals surface area contributed by atoms with Crippen LogP contribution in [0.25, 0.3) is 0 Å². The first-order valence-electron chi connectivity index (χ1n) is 8.67. The van der Waals surface area contributed by atoms with Crippen LogP contribution in [0.15, 0.2) is 42.5 Å². The SMILES string of the molecule is COC1CCN(c2ccc(NC(=O)CCc3ccc(Cl)c(F)c3)cc2)C1. The van der Waals surface area contributed by atoms with Crippen molar-refractivity contribution in [3.05, 3.63) is 58.9 Å². The summed E-state index contributed by atoms with van der Waals surface area (Å²) in [5.41, 5.74) is 2.63. The summed E-state index contributed by atoms with van der Waals surface area (Å²) >= 11 is 5.66. The summed E-state index contributed by atoms with van der Waals surface area (Å²) in [5.74, 6) is -0.563. The summed E-state index contributed by atoms with van der Waals surface area (Å²) in [6, 6.07) is 12.4. The predicted octanol–water partition coefficient (Wildman–Crippen LogP) is 4.28. The summed E-state index contributed by atoms with van der Waals surface area (Å²) in [6.07, 6.45) is 2.06. The molecule has 138 valence electrons. The van der Waals surface area contributed by atoms with Crippen LogP contribution in [0.4, 0.5) is 15.8 Å². The highest BCUT2D eigenvalue weighted by Gasteiger charge is 2.22. The summed E-state index contributed by atoms with van der Waals surface area (Å²) in [4.78, 5) is 14.4. The lowest BCUT2D eigenvalue weighted by Crippen LogP contribution is -2.22. The van der Waals surface area contributed by atoms with Gasteiger partial charge in [-0.1, -0.05) is 17.7 Å². The number of nitrogens with zero attached hydrogens (tertiary/aromatic N) is 1. The van der Waals surface area contributed by atoms with Gasteiger partial charge in [0.1, 0.15) is 5.82 Å². The number of nitrogens with one attached hydrogen (secondary N) is 1. The Balaban J connectivity index is 1.50. The van der Waals surface area contributed by atoms with E-state index in [9.17, 15) is 9.18 Å². The molecular formula is C20H22ClFN2O2. The fraction of sp³-hybridized carbons (Fsp3) is 0.350. The number of hydrogen-bond acceptors (Lipinski definition) is 3. The van der Waals surface area contributed by atoms with Gasteiger partial charge in [0.2, 0.25) is 5.91 Å². The van der Waals surface area contributed by atoms with E-state index in [0.717, 1.165) is 36.4 Å². The Kier molecular flexibility index (Phi) is 6.12. The summed E-state index contributed by atoms with van der Waals surface area (Å²) in [7, 11) is 1.74. The van der Waals surface area contributed by atoms with E-state index < -0.39 is 5.82 Å². The van der Waals surface area contributed by atoms with Gasteiger partial charge in [-0.15, -0.1) is 0 Å². The van der Waals surface area contributed by atoms with Gasteiger partial charge in [-0.05, 0) is 54.8 Å². The number of halogens is 2. The van der Waals surface area contributed by atoms with Crippen LogP contribution in [0.2, 0.25) is 5.02 Å². The van der Waals surface area contributed by atoms with Gasteiger partial charge in [0, 0.05) is 38.0 Å². The van der Waals surface area contributed by atoms with Crippen molar-refractivity contribution >= 4 is 28.9 Å². The molecule has 1 atom stereocenters. The van der Waals surface area contributed by atoms with Gasteiger partial charge in [-0.3, -0.25) is 4.79 Å². The van der Waals surface area contributed by atoms with E-state index in [-0.39, 0.29) is 23.5 Å². The molecule has 1 unspecified atom stereocenters. The number of benzene rings is 2. The van der Waals surface area contributed by atoms with Crippen molar-refractivity contribution in [1.82, 2.24) is 0 Å². The molecule has 1 amide bonds. The van der Waals surface area contributed by atoms with E-state index in [2.05, 4.69) is 10.2 Å². The van der Waals surface area contributed by atoms with Gasteiger partial charge < -0.3 is 15.0 Å². The van der Waals surface area contributed by atoms with Crippen molar-refractivity contribution in [2.75, 3.05) is 30.4 Å². The van der Waals surface area contributed by atoms with Gasteiger partial charge in [-0.25, -0.2) is 4.39 Å². The monoisotopic (exact) mass is 376 g/mol. The molecule has 0 saturated carbocycles. The number of aryl methyl sites for hydroxylation is 1. The third kappa shape index (κ3) is 4.74. The molecule has 0 aromatic heterocycles. The zero-order valence-electron chi connectivity index (χ0n) is 14.7. The lowest BCUT2D eigenvalue weighted by atomic mass is 10.1. The quantitative estimate of drug-likeness (QED) is 0.818. The maximum atomic E-state index is 13.4. The molecular weight excluding hydrogens is 355 g/mol. The van der Waals surface area contributed by atoms with E-state index in [1.807, 2.05) is 24.3 Å². The van der Waals surface area contributed by atoms with Crippen LogP contribution in [0.1, 0.15) is 18.4 Å². The van der Waals surface area contributed by atoms with E-state index >= 15 is 0 Å². The zero-order valence-corrected chi connectivity index (χ0v) is 15.4. The number of rotatable bonds is 6. The third-order valence-electron chi connectivity index (χ3n) is 4.62. The molecule has 1 heterocycles. The summed E-state index contributed by atoms with van der Waals surface area (Å²) in [5, 5.41) is 2.96. The first-order chi connectivity index (χ1) is 12.5. The van der Waals surface area contributed by atoms with Crippen LogP contribution >= 0.6 is 11.6 Å². The second kappa shape index (κ2) is 8.52. The number of ether oxygens (including phenoxy) is 1. The van der Waals surface area contributed by atoms with Crippen LogP contribution in [0.3, 0.4) is 0 Å². The highest BCUT2D eigenvalue weighted by molar-refractivity contribution is 6.30. The topological polar surface area (TPSA) is 41.6 Å². The van der Waals surface area contributed by atoms with Crippen molar-refractivity contribution in [2.45, 2.75) is 25.4 Å². The second-order valence-electron chi connectivity index (χ2n) is 6.44. The number of hydrogen-bond donors (Lipinski definition) is 1. The van der Waals surface area contributed by atoms with Crippen molar-refractivity contribution in [3.8, 4) is 0 Å². The smallest absolute Gasteiger partial charge is 0.224 e. The first kappa shape index (κ1) is 18.7. The van der Waals surface area contributed by atoms with Crippen molar-refractivity contribution in [2.24, 2.45) is 0 Å². The normalized spacial score (nSPS) is 16.7. The van der Waals surface area contributed by atoms with Crippen molar-refractivity contribution < 1.29 is 13.9 Å². The minimum Gasteiger partial charge on any atom is -0.380 e. The summed E-state index contributed by atoms with van der Waals surface area (Å²) < 4.78 is 18.8. The van der Waals surface area contributed by atoms with Crippen molar-refractivity contribution in [3.63, 3.8) is 0 Å². The molecule has 0 spiro atoms. The Bertz CT molecular complexity index is 767.